The summed E-state index contributed by atoms with van der Waals surface area (Å²) in [5.74, 6) is -0.279. The molecule has 1 aromatic carbocycles. The normalized spacial score (nSPS) is 13.5. The average molecular weight is 333 g/mol. The van der Waals surface area contributed by atoms with E-state index in [0.29, 0.717) is 11.4 Å². The molecule has 1 aromatic heterocycles. The molecule has 0 radical (unpaired) electrons. The Morgan fingerprint density at radius 1 is 1.26 bits per heavy atom. The lowest BCUT2D eigenvalue weighted by atomic mass is 10.1. The third-order valence-electron chi connectivity index (χ3n) is 3.72. The number of rotatable bonds is 8. The lowest BCUT2D eigenvalue weighted by Gasteiger charge is -2.17. The van der Waals surface area contributed by atoms with Crippen molar-refractivity contribution in [3.05, 3.63) is 57.8 Å². The van der Waals surface area contributed by atoms with Crippen LogP contribution in [-0.2, 0) is 11.2 Å². The fourth-order valence-electron chi connectivity index (χ4n) is 2.29. The number of carbonyl (C=O) groups excluding carboxylic acids is 1. The van der Waals surface area contributed by atoms with Crippen molar-refractivity contribution in [2.24, 2.45) is 0 Å². The van der Waals surface area contributed by atoms with E-state index in [4.69, 9.17) is 4.74 Å². The highest BCUT2D eigenvalue weighted by Gasteiger charge is 2.11. The van der Waals surface area contributed by atoms with Gasteiger partial charge in [0.2, 0.25) is 0 Å². The molecule has 0 fully saturated rings. The molecule has 4 nitrogen and oxygen atoms in total. The van der Waals surface area contributed by atoms with Crippen molar-refractivity contribution in [3.63, 3.8) is 0 Å². The molecule has 0 saturated carbocycles. The van der Waals surface area contributed by atoms with Crippen molar-refractivity contribution in [2.45, 2.75) is 31.9 Å². The SMILES string of the molecule is COC(=O)c1ccc(CC[C@@H](C)NC[C@H](O)c2ccccc2)s1. The number of esters is 1. The highest BCUT2D eigenvalue weighted by Crippen LogP contribution is 2.19. The fourth-order valence-corrected chi connectivity index (χ4v) is 3.23. The predicted molar refractivity (Wildman–Crippen MR) is 92.8 cm³/mol. The maximum atomic E-state index is 11.4. The summed E-state index contributed by atoms with van der Waals surface area (Å²) in [7, 11) is 1.39. The van der Waals surface area contributed by atoms with Gasteiger partial charge in [0, 0.05) is 17.5 Å². The molecule has 0 aliphatic heterocycles. The summed E-state index contributed by atoms with van der Waals surface area (Å²) in [5.41, 5.74) is 0.924. The Labute approximate surface area is 141 Å². The average Bonchev–Trinajstić information content (AvgIpc) is 3.07. The second-order valence-corrected chi connectivity index (χ2v) is 6.70. The lowest BCUT2D eigenvalue weighted by Crippen LogP contribution is -2.30. The van der Waals surface area contributed by atoms with Gasteiger partial charge in [-0.3, -0.25) is 0 Å². The van der Waals surface area contributed by atoms with Crippen LogP contribution >= 0.6 is 11.3 Å². The number of ether oxygens (including phenoxy) is 1. The first-order chi connectivity index (χ1) is 11.1. The van der Waals surface area contributed by atoms with Gasteiger partial charge in [0.05, 0.1) is 13.2 Å². The van der Waals surface area contributed by atoms with E-state index < -0.39 is 6.10 Å². The first-order valence-electron chi connectivity index (χ1n) is 7.73. The van der Waals surface area contributed by atoms with Gasteiger partial charge in [0.25, 0.3) is 0 Å². The smallest absolute Gasteiger partial charge is 0.348 e. The zero-order chi connectivity index (χ0) is 16.7. The van der Waals surface area contributed by atoms with Gasteiger partial charge in [-0.15, -0.1) is 11.3 Å². The van der Waals surface area contributed by atoms with Crippen molar-refractivity contribution in [1.82, 2.24) is 5.32 Å². The topological polar surface area (TPSA) is 58.6 Å². The Morgan fingerprint density at radius 2 is 2.00 bits per heavy atom. The summed E-state index contributed by atoms with van der Waals surface area (Å²) >= 11 is 1.48. The van der Waals surface area contributed by atoms with E-state index in [1.165, 1.54) is 23.3 Å². The van der Waals surface area contributed by atoms with Crippen LogP contribution in [0.2, 0.25) is 0 Å². The molecule has 2 N–H and O–H groups in total. The highest BCUT2D eigenvalue weighted by molar-refractivity contribution is 7.13. The van der Waals surface area contributed by atoms with Gasteiger partial charge in [0.1, 0.15) is 4.88 Å². The standard InChI is InChI=1S/C18H23NO3S/c1-13(19-12-16(20)14-6-4-3-5-7-14)8-9-15-10-11-17(23-15)18(21)22-2/h3-7,10-11,13,16,19-20H,8-9,12H2,1-2H3/t13-,16+/m1/s1. The molecule has 124 valence electrons. The highest BCUT2D eigenvalue weighted by atomic mass is 32.1. The summed E-state index contributed by atoms with van der Waals surface area (Å²) in [4.78, 5) is 13.2. The maximum Gasteiger partial charge on any atom is 0.348 e. The Kier molecular flexibility index (Phi) is 6.77. The molecule has 0 saturated heterocycles. The van der Waals surface area contributed by atoms with Crippen molar-refractivity contribution in [2.75, 3.05) is 13.7 Å². The number of carbonyl (C=O) groups is 1. The largest absolute Gasteiger partial charge is 0.465 e. The second-order valence-electron chi connectivity index (χ2n) is 5.53. The molecule has 2 aromatic rings. The third kappa shape index (κ3) is 5.46. The molecular formula is C18H23NO3S. The second kappa shape index (κ2) is 8.82. The molecule has 0 bridgehead atoms. The Bertz CT molecular complexity index is 612. The zero-order valence-corrected chi connectivity index (χ0v) is 14.3. The zero-order valence-electron chi connectivity index (χ0n) is 13.5. The quantitative estimate of drug-likeness (QED) is 0.729. The van der Waals surface area contributed by atoms with Gasteiger partial charge >= 0.3 is 5.97 Å². The van der Waals surface area contributed by atoms with Crippen LogP contribution in [0.5, 0.6) is 0 Å². The van der Waals surface area contributed by atoms with Crippen molar-refractivity contribution >= 4 is 17.3 Å². The molecule has 0 aliphatic rings. The minimum atomic E-state index is -0.494. The number of nitrogens with one attached hydrogen (secondary N) is 1. The van der Waals surface area contributed by atoms with Crippen LogP contribution in [0.3, 0.4) is 0 Å². The molecular weight excluding hydrogens is 310 g/mol. The van der Waals surface area contributed by atoms with Crippen LogP contribution in [0.25, 0.3) is 0 Å². The number of thiophene rings is 1. The monoisotopic (exact) mass is 333 g/mol. The molecule has 1 heterocycles. The maximum absolute atomic E-state index is 11.4. The van der Waals surface area contributed by atoms with E-state index in [2.05, 4.69) is 12.2 Å². The van der Waals surface area contributed by atoms with Crippen molar-refractivity contribution in [3.8, 4) is 0 Å². The molecule has 2 rings (SSSR count). The van der Waals surface area contributed by atoms with Gasteiger partial charge in [-0.1, -0.05) is 30.3 Å². The van der Waals surface area contributed by atoms with Crippen molar-refractivity contribution < 1.29 is 14.6 Å². The molecule has 2 atom stereocenters. The van der Waals surface area contributed by atoms with E-state index in [1.54, 1.807) is 0 Å². The van der Waals surface area contributed by atoms with Crippen LogP contribution in [0.15, 0.2) is 42.5 Å². The Hall–Kier alpha value is -1.69. The number of aliphatic hydroxyl groups is 1. The minimum absolute atomic E-state index is 0.279. The Morgan fingerprint density at radius 3 is 2.70 bits per heavy atom. The Balaban J connectivity index is 1.74. The summed E-state index contributed by atoms with van der Waals surface area (Å²) in [6.07, 6.45) is 1.35. The summed E-state index contributed by atoms with van der Waals surface area (Å²) in [6, 6.07) is 13.7. The molecule has 5 heteroatoms. The predicted octanol–water partition coefficient (Wildman–Crippen LogP) is 3.18. The van der Waals surface area contributed by atoms with Crippen LogP contribution in [-0.4, -0.2) is 30.8 Å². The van der Waals surface area contributed by atoms with E-state index >= 15 is 0 Å². The van der Waals surface area contributed by atoms with Gasteiger partial charge < -0.3 is 15.2 Å². The number of aryl methyl sites for hydroxylation is 1. The van der Waals surface area contributed by atoms with E-state index in [1.807, 2.05) is 42.5 Å². The van der Waals surface area contributed by atoms with E-state index in [9.17, 15) is 9.90 Å². The summed E-state index contributed by atoms with van der Waals surface area (Å²) in [5, 5.41) is 13.5. The van der Waals surface area contributed by atoms with Crippen molar-refractivity contribution in [1.29, 1.82) is 0 Å². The molecule has 0 aliphatic carbocycles. The fraction of sp³-hybridized carbons (Fsp3) is 0.389. The summed E-state index contributed by atoms with van der Waals surface area (Å²) in [6.45, 7) is 2.63. The summed E-state index contributed by atoms with van der Waals surface area (Å²) < 4.78 is 4.71. The van der Waals surface area contributed by atoms with Crippen LogP contribution < -0.4 is 5.32 Å². The van der Waals surface area contributed by atoms with Crippen LogP contribution in [0.1, 0.15) is 39.6 Å². The first-order valence-corrected chi connectivity index (χ1v) is 8.55. The van der Waals surface area contributed by atoms with Gasteiger partial charge in [-0.2, -0.15) is 0 Å². The molecule has 0 unspecified atom stereocenters. The number of hydrogen-bond donors (Lipinski definition) is 2. The number of hydrogen-bond acceptors (Lipinski definition) is 5. The lowest BCUT2D eigenvalue weighted by molar-refractivity contribution is 0.0606. The number of benzene rings is 1. The number of aliphatic hydroxyl groups excluding tert-OH is 1. The van der Waals surface area contributed by atoms with E-state index in [-0.39, 0.29) is 12.0 Å². The van der Waals surface area contributed by atoms with Gasteiger partial charge in [-0.05, 0) is 37.5 Å². The third-order valence-corrected chi connectivity index (χ3v) is 4.84. The minimum Gasteiger partial charge on any atom is -0.465 e. The van der Waals surface area contributed by atoms with Gasteiger partial charge in [0.15, 0.2) is 0 Å². The van der Waals surface area contributed by atoms with Crippen LogP contribution in [0.4, 0.5) is 0 Å². The van der Waals surface area contributed by atoms with Gasteiger partial charge in [-0.25, -0.2) is 4.79 Å². The first kappa shape index (κ1) is 17.7. The van der Waals surface area contributed by atoms with Crippen LogP contribution in [0, 0.1) is 0 Å². The molecule has 0 amide bonds. The molecule has 0 spiro atoms. The van der Waals surface area contributed by atoms with E-state index in [0.717, 1.165) is 18.4 Å². The molecule has 23 heavy (non-hydrogen) atoms. The number of methoxy groups -OCH3 is 1.